The molecule has 0 saturated heterocycles. The van der Waals surface area contributed by atoms with Crippen LogP contribution in [0.5, 0.6) is 0 Å². The van der Waals surface area contributed by atoms with Crippen LogP contribution in [0.1, 0.15) is 38.3 Å². The lowest BCUT2D eigenvalue weighted by atomic mass is 10.00. The largest absolute Gasteiger partial charge is 0.464 e. The highest BCUT2D eigenvalue weighted by Crippen LogP contribution is 2.29. The van der Waals surface area contributed by atoms with Gasteiger partial charge in [0.15, 0.2) is 0 Å². The second-order valence-corrected chi connectivity index (χ2v) is 6.99. The maximum Gasteiger partial charge on any atom is 0.338 e. The van der Waals surface area contributed by atoms with Crippen molar-refractivity contribution in [2.24, 2.45) is 0 Å². The number of urea groups is 1. The Hall–Kier alpha value is -2.81. The van der Waals surface area contributed by atoms with E-state index in [2.05, 4.69) is 16.0 Å². The van der Waals surface area contributed by atoms with E-state index < -0.39 is 18.0 Å². The van der Waals surface area contributed by atoms with Crippen LogP contribution in [0, 0.1) is 6.92 Å². The van der Waals surface area contributed by atoms with Crippen LogP contribution in [0.15, 0.2) is 27.8 Å². The molecule has 3 N–H and O–H groups in total. The van der Waals surface area contributed by atoms with Gasteiger partial charge in [-0.1, -0.05) is 0 Å². The lowest BCUT2D eigenvalue weighted by Gasteiger charge is -2.29. The lowest BCUT2D eigenvalue weighted by molar-refractivity contribution is -0.139. The summed E-state index contributed by atoms with van der Waals surface area (Å²) in [5, 5.41) is 8.18. The third kappa shape index (κ3) is 5.59. The van der Waals surface area contributed by atoms with Crippen molar-refractivity contribution < 1.29 is 23.5 Å². The molecule has 9 nitrogen and oxygen atoms in total. The topological polar surface area (TPSA) is 113 Å². The Kier molecular flexibility index (Phi) is 7.22. The Morgan fingerprint density at radius 3 is 2.64 bits per heavy atom. The molecule has 0 radical (unpaired) electrons. The summed E-state index contributed by atoms with van der Waals surface area (Å²) in [6, 6.07) is 2.27. The first-order valence-corrected chi connectivity index (χ1v) is 9.23. The predicted molar refractivity (Wildman–Crippen MR) is 102 cm³/mol. The van der Waals surface area contributed by atoms with Gasteiger partial charge in [-0.15, -0.1) is 0 Å². The van der Waals surface area contributed by atoms with E-state index in [0.29, 0.717) is 17.2 Å². The molecule has 2 rings (SSSR count). The normalized spacial score (nSPS) is 16.8. The van der Waals surface area contributed by atoms with E-state index >= 15 is 0 Å². The van der Waals surface area contributed by atoms with Crippen LogP contribution < -0.4 is 16.0 Å². The number of esters is 1. The van der Waals surface area contributed by atoms with Gasteiger partial charge in [-0.3, -0.25) is 9.69 Å². The summed E-state index contributed by atoms with van der Waals surface area (Å²) in [5.74, 6) is 0.404. The molecule has 0 spiro atoms. The van der Waals surface area contributed by atoms with Gasteiger partial charge in [0.25, 0.3) is 0 Å². The molecular weight excluding hydrogens is 364 g/mol. The number of hydrogen-bond donors (Lipinski definition) is 3. The summed E-state index contributed by atoms with van der Waals surface area (Å²) in [5.41, 5.74) is 0.632. The van der Waals surface area contributed by atoms with Crippen molar-refractivity contribution in [2.75, 3.05) is 26.7 Å². The summed E-state index contributed by atoms with van der Waals surface area (Å²) < 4.78 is 10.8. The SMILES string of the molecule is CCOC(=O)C1=C(CN(C)CC(=O)NC(C)C)NC(=O)NC1c1ccc(C)o1. The molecule has 28 heavy (non-hydrogen) atoms. The third-order valence-corrected chi connectivity index (χ3v) is 3.99. The second kappa shape index (κ2) is 9.41. The van der Waals surface area contributed by atoms with Crippen LogP contribution >= 0.6 is 0 Å². The molecule has 1 atom stereocenters. The van der Waals surface area contributed by atoms with Gasteiger partial charge in [-0.05, 0) is 46.9 Å². The third-order valence-electron chi connectivity index (χ3n) is 3.99. The highest BCUT2D eigenvalue weighted by molar-refractivity contribution is 5.95. The van der Waals surface area contributed by atoms with Crippen LogP contribution in [0.25, 0.3) is 0 Å². The second-order valence-electron chi connectivity index (χ2n) is 6.99. The number of hydrogen-bond acceptors (Lipinski definition) is 6. The minimum atomic E-state index is -0.769. The number of ether oxygens (including phenoxy) is 1. The van der Waals surface area contributed by atoms with Gasteiger partial charge in [-0.25, -0.2) is 9.59 Å². The van der Waals surface area contributed by atoms with Gasteiger partial charge in [-0.2, -0.15) is 0 Å². The minimum absolute atomic E-state index is 0.0281. The van der Waals surface area contributed by atoms with Crippen molar-refractivity contribution in [3.05, 3.63) is 34.9 Å². The van der Waals surface area contributed by atoms with E-state index in [1.54, 1.807) is 37.9 Å². The molecule has 1 aromatic heterocycles. The van der Waals surface area contributed by atoms with Gasteiger partial charge < -0.3 is 25.1 Å². The van der Waals surface area contributed by atoms with E-state index in [1.165, 1.54) is 0 Å². The molecular formula is C19H28N4O5. The maximum absolute atomic E-state index is 12.6. The van der Waals surface area contributed by atoms with Crippen molar-refractivity contribution in [3.8, 4) is 0 Å². The van der Waals surface area contributed by atoms with Gasteiger partial charge in [0.1, 0.15) is 17.6 Å². The van der Waals surface area contributed by atoms with Gasteiger partial charge in [0.05, 0.1) is 18.7 Å². The number of aryl methyl sites for hydroxylation is 1. The van der Waals surface area contributed by atoms with Crippen molar-refractivity contribution >= 4 is 17.9 Å². The lowest BCUT2D eigenvalue weighted by Crippen LogP contribution is -2.49. The molecule has 0 fully saturated rings. The number of amides is 3. The molecule has 9 heteroatoms. The van der Waals surface area contributed by atoms with Crippen LogP contribution in [-0.2, 0) is 14.3 Å². The zero-order valence-electron chi connectivity index (χ0n) is 16.9. The van der Waals surface area contributed by atoms with E-state index in [0.717, 1.165) is 0 Å². The van der Waals surface area contributed by atoms with Crippen LogP contribution in [0.3, 0.4) is 0 Å². The predicted octanol–water partition coefficient (Wildman–Crippen LogP) is 1.22. The molecule has 0 saturated carbocycles. The molecule has 1 unspecified atom stereocenters. The number of rotatable bonds is 8. The smallest absolute Gasteiger partial charge is 0.338 e. The Balaban J connectivity index is 2.31. The van der Waals surface area contributed by atoms with Crippen LogP contribution in [-0.4, -0.2) is 55.6 Å². The Morgan fingerprint density at radius 2 is 2.07 bits per heavy atom. The van der Waals surface area contributed by atoms with Crippen molar-refractivity contribution in [1.29, 1.82) is 0 Å². The number of likely N-dealkylation sites (N-methyl/N-ethyl adjacent to an activating group) is 1. The van der Waals surface area contributed by atoms with Crippen molar-refractivity contribution in [1.82, 2.24) is 20.9 Å². The quantitative estimate of drug-likeness (QED) is 0.573. The summed E-state index contributed by atoms with van der Waals surface area (Å²) in [6.07, 6.45) is 0. The highest BCUT2D eigenvalue weighted by atomic mass is 16.5. The van der Waals surface area contributed by atoms with Crippen molar-refractivity contribution in [3.63, 3.8) is 0 Å². The Bertz CT molecular complexity index is 768. The van der Waals surface area contributed by atoms with Crippen molar-refractivity contribution in [2.45, 2.75) is 39.8 Å². The summed E-state index contributed by atoms with van der Waals surface area (Å²) >= 11 is 0. The molecule has 1 aliphatic heterocycles. The van der Waals surface area contributed by atoms with E-state index in [1.807, 2.05) is 13.8 Å². The fraction of sp³-hybridized carbons (Fsp3) is 0.526. The average molecular weight is 392 g/mol. The first-order chi connectivity index (χ1) is 13.2. The average Bonchev–Trinajstić information content (AvgIpc) is 2.99. The van der Waals surface area contributed by atoms with Gasteiger partial charge >= 0.3 is 12.0 Å². The van der Waals surface area contributed by atoms with Gasteiger partial charge in [0, 0.05) is 18.3 Å². The first kappa shape index (κ1) is 21.5. The molecule has 154 valence electrons. The summed E-state index contributed by atoms with van der Waals surface area (Å²) in [4.78, 5) is 38.5. The number of furan rings is 1. The van der Waals surface area contributed by atoms with Crippen LogP contribution in [0.2, 0.25) is 0 Å². The number of carbonyl (C=O) groups is 3. The fourth-order valence-corrected chi connectivity index (χ4v) is 2.95. The summed E-state index contributed by atoms with van der Waals surface area (Å²) in [7, 11) is 1.73. The molecule has 0 aliphatic carbocycles. The molecule has 2 heterocycles. The number of nitrogens with one attached hydrogen (secondary N) is 3. The van der Waals surface area contributed by atoms with Gasteiger partial charge in [0.2, 0.25) is 5.91 Å². The fourth-order valence-electron chi connectivity index (χ4n) is 2.95. The Morgan fingerprint density at radius 1 is 1.36 bits per heavy atom. The van der Waals surface area contributed by atoms with E-state index in [-0.39, 0.29) is 37.2 Å². The number of nitrogens with zero attached hydrogens (tertiary/aromatic N) is 1. The minimum Gasteiger partial charge on any atom is -0.464 e. The zero-order chi connectivity index (χ0) is 20.8. The maximum atomic E-state index is 12.6. The summed E-state index contributed by atoms with van der Waals surface area (Å²) in [6.45, 7) is 7.74. The molecule has 0 bridgehead atoms. The number of carbonyl (C=O) groups excluding carboxylic acids is 3. The molecule has 1 aromatic rings. The van der Waals surface area contributed by atoms with E-state index in [9.17, 15) is 14.4 Å². The highest BCUT2D eigenvalue weighted by Gasteiger charge is 2.35. The van der Waals surface area contributed by atoms with E-state index in [4.69, 9.17) is 9.15 Å². The molecule has 1 aliphatic rings. The molecule has 0 aromatic carbocycles. The molecule has 3 amide bonds. The Labute approximate surface area is 164 Å². The zero-order valence-corrected chi connectivity index (χ0v) is 16.9. The monoisotopic (exact) mass is 392 g/mol. The van der Waals surface area contributed by atoms with Crippen LogP contribution in [0.4, 0.5) is 4.79 Å². The standard InChI is InChI=1S/C19H28N4O5/c1-6-27-18(25)16-13(9-23(5)10-15(24)20-11(2)3)21-19(26)22-17(16)14-8-7-12(4)28-14/h7-8,11,17H,6,9-10H2,1-5H3,(H,20,24)(H2,21,22,26). The first-order valence-electron chi connectivity index (χ1n) is 9.23.